The monoisotopic (exact) mass is 418 g/mol. The van der Waals surface area contributed by atoms with Crippen LogP contribution in [0.15, 0.2) is 48.5 Å². The number of rotatable bonds is 6. The van der Waals surface area contributed by atoms with Crippen LogP contribution < -0.4 is 5.32 Å². The highest BCUT2D eigenvalue weighted by Gasteiger charge is 2.24. The largest absolute Gasteiger partial charge is 0.465 e. The van der Waals surface area contributed by atoms with Crippen molar-refractivity contribution >= 4 is 28.6 Å². The number of esters is 1. The van der Waals surface area contributed by atoms with Crippen molar-refractivity contribution in [3.05, 3.63) is 54.1 Å². The molecule has 0 aliphatic rings. The lowest BCUT2D eigenvalue weighted by atomic mass is 10.1. The zero-order valence-electron chi connectivity index (χ0n) is 18.9. The third-order valence-corrected chi connectivity index (χ3v) is 5.31. The van der Waals surface area contributed by atoms with Crippen molar-refractivity contribution in [2.45, 2.75) is 52.6 Å². The highest BCUT2D eigenvalue weighted by Crippen LogP contribution is 2.35. The Morgan fingerprint density at radius 2 is 1.84 bits per heavy atom. The molecule has 162 valence electrons. The molecule has 6 nitrogen and oxygen atoms in total. The van der Waals surface area contributed by atoms with E-state index >= 15 is 0 Å². The molecule has 0 saturated heterocycles. The molecule has 0 radical (unpaired) electrons. The van der Waals surface area contributed by atoms with Crippen LogP contribution in [0.2, 0.25) is 0 Å². The Kier molecular flexibility index (Phi) is 5.48. The fourth-order valence-electron chi connectivity index (χ4n) is 3.91. The van der Waals surface area contributed by atoms with Gasteiger partial charge in [0.2, 0.25) is 5.78 Å². The first kappa shape index (κ1) is 21.0. The quantitative estimate of drug-likeness (QED) is 0.405. The zero-order valence-corrected chi connectivity index (χ0v) is 18.9. The molecule has 0 amide bonds. The molecular weight excluding hydrogens is 388 g/mol. The predicted molar refractivity (Wildman–Crippen MR) is 126 cm³/mol. The Balaban J connectivity index is 2.08. The van der Waals surface area contributed by atoms with E-state index in [4.69, 9.17) is 9.72 Å². The standard InChI is InChI=1S/C25H30N4O2/c1-6-7-15-28-19-14-13-18(23(30)31-5)16-20(19)29-22(27-25(2,3)4)21(26-24(28)29)17-11-9-8-10-12-17/h8-14,16,27H,6-7,15H2,1-5H3. The fourth-order valence-corrected chi connectivity index (χ4v) is 3.91. The Labute approximate surface area is 182 Å². The maximum atomic E-state index is 12.2. The number of anilines is 1. The molecule has 4 aromatic rings. The summed E-state index contributed by atoms with van der Waals surface area (Å²) in [6.07, 6.45) is 2.14. The number of benzene rings is 2. The van der Waals surface area contributed by atoms with Gasteiger partial charge in [-0.05, 0) is 45.4 Å². The molecule has 0 fully saturated rings. The molecule has 4 rings (SSSR count). The van der Waals surface area contributed by atoms with Gasteiger partial charge in [-0.25, -0.2) is 9.78 Å². The van der Waals surface area contributed by atoms with E-state index in [1.807, 2.05) is 36.4 Å². The highest BCUT2D eigenvalue weighted by atomic mass is 16.5. The Hall–Kier alpha value is -3.28. The molecule has 0 unspecified atom stereocenters. The van der Waals surface area contributed by atoms with Gasteiger partial charge in [0.15, 0.2) is 0 Å². The fraction of sp³-hybridized carbons (Fsp3) is 0.360. The average Bonchev–Trinajstić information content (AvgIpc) is 3.25. The number of ether oxygens (including phenoxy) is 1. The first-order chi connectivity index (χ1) is 14.8. The van der Waals surface area contributed by atoms with E-state index in [1.54, 1.807) is 0 Å². The summed E-state index contributed by atoms with van der Waals surface area (Å²) in [5, 5.41) is 3.67. The van der Waals surface area contributed by atoms with Crippen LogP contribution in [0.3, 0.4) is 0 Å². The predicted octanol–water partition coefficient (Wildman–Crippen LogP) is 5.75. The van der Waals surface area contributed by atoms with Crippen LogP contribution in [0.1, 0.15) is 50.9 Å². The van der Waals surface area contributed by atoms with Crippen molar-refractivity contribution in [3.63, 3.8) is 0 Å². The number of unbranched alkanes of at least 4 members (excludes halogenated alkanes) is 1. The van der Waals surface area contributed by atoms with Crippen LogP contribution >= 0.6 is 0 Å². The van der Waals surface area contributed by atoms with Crippen LogP contribution in [0.5, 0.6) is 0 Å². The van der Waals surface area contributed by atoms with E-state index in [2.05, 4.69) is 54.1 Å². The van der Waals surface area contributed by atoms with Crippen LogP contribution in [-0.2, 0) is 11.3 Å². The van der Waals surface area contributed by atoms with Gasteiger partial charge in [0.05, 0.1) is 23.7 Å². The summed E-state index contributed by atoms with van der Waals surface area (Å²) in [7, 11) is 1.41. The van der Waals surface area contributed by atoms with Gasteiger partial charge in [0.1, 0.15) is 11.5 Å². The number of aryl methyl sites for hydroxylation is 1. The second-order valence-corrected chi connectivity index (χ2v) is 8.89. The minimum Gasteiger partial charge on any atom is -0.465 e. The third-order valence-electron chi connectivity index (χ3n) is 5.31. The van der Waals surface area contributed by atoms with Crippen molar-refractivity contribution < 1.29 is 9.53 Å². The summed E-state index contributed by atoms with van der Waals surface area (Å²) in [5.74, 6) is 1.46. The van der Waals surface area contributed by atoms with Crippen molar-refractivity contribution in [3.8, 4) is 11.3 Å². The van der Waals surface area contributed by atoms with Crippen molar-refractivity contribution in [2.24, 2.45) is 0 Å². The summed E-state index contributed by atoms with van der Waals surface area (Å²) in [6, 6.07) is 15.9. The molecule has 0 saturated carbocycles. The Bertz CT molecular complexity index is 1230. The highest BCUT2D eigenvalue weighted by molar-refractivity contribution is 5.96. The van der Waals surface area contributed by atoms with E-state index in [1.165, 1.54) is 7.11 Å². The molecule has 6 heteroatoms. The molecular formula is C25H30N4O2. The number of fused-ring (bicyclic) bond motifs is 3. The molecule has 0 spiro atoms. The van der Waals surface area contributed by atoms with Gasteiger partial charge in [0.25, 0.3) is 0 Å². The van der Waals surface area contributed by atoms with Crippen molar-refractivity contribution in [1.82, 2.24) is 14.0 Å². The number of nitrogens with zero attached hydrogens (tertiary/aromatic N) is 3. The lowest BCUT2D eigenvalue weighted by Crippen LogP contribution is -2.27. The number of hydrogen-bond acceptors (Lipinski definition) is 4. The van der Waals surface area contributed by atoms with Gasteiger partial charge in [-0.15, -0.1) is 0 Å². The van der Waals surface area contributed by atoms with E-state index in [0.29, 0.717) is 5.56 Å². The summed E-state index contributed by atoms with van der Waals surface area (Å²) in [5.41, 5.74) is 4.31. The summed E-state index contributed by atoms with van der Waals surface area (Å²) in [6.45, 7) is 9.46. The van der Waals surface area contributed by atoms with Gasteiger partial charge >= 0.3 is 5.97 Å². The average molecular weight is 419 g/mol. The van der Waals surface area contributed by atoms with Gasteiger partial charge in [0, 0.05) is 17.6 Å². The molecule has 0 atom stereocenters. The number of carbonyl (C=O) groups excluding carboxylic acids is 1. The molecule has 0 aliphatic carbocycles. The van der Waals surface area contributed by atoms with Gasteiger partial charge in [-0.2, -0.15) is 0 Å². The van der Waals surface area contributed by atoms with Crippen LogP contribution in [0, 0.1) is 0 Å². The number of aromatic nitrogens is 3. The Morgan fingerprint density at radius 3 is 2.48 bits per heavy atom. The molecule has 31 heavy (non-hydrogen) atoms. The first-order valence-corrected chi connectivity index (χ1v) is 10.8. The molecule has 1 N–H and O–H groups in total. The maximum absolute atomic E-state index is 12.2. The van der Waals surface area contributed by atoms with Gasteiger partial charge in [-0.1, -0.05) is 43.7 Å². The van der Waals surface area contributed by atoms with E-state index in [-0.39, 0.29) is 11.5 Å². The van der Waals surface area contributed by atoms with Crippen LogP contribution in [-0.4, -0.2) is 32.6 Å². The minimum atomic E-state index is -0.343. The SMILES string of the molecule is CCCCn1c2ccc(C(=O)OC)cc2n2c(NC(C)(C)C)c(-c3ccccc3)nc12. The van der Waals surface area contributed by atoms with Crippen LogP contribution in [0.25, 0.3) is 28.1 Å². The second-order valence-electron chi connectivity index (χ2n) is 8.89. The molecule has 0 aliphatic heterocycles. The number of hydrogen-bond donors (Lipinski definition) is 1. The lowest BCUT2D eigenvalue weighted by Gasteiger charge is -2.22. The molecule has 0 bridgehead atoms. The number of nitrogens with one attached hydrogen (secondary N) is 1. The Morgan fingerprint density at radius 1 is 1.10 bits per heavy atom. The topological polar surface area (TPSA) is 60.6 Å². The van der Waals surface area contributed by atoms with Gasteiger partial charge < -0.3 is 14.6 Å². The smallest absolute Gasteiger partial charge is 0.337 e. The molecule has 2 aromatic heterocycles. The van der Waals surface area contributed by atoms with E-state index in [9.17, 15) is 4.79 Å². The van der Waals surface area contributed by atoms with E-state index < -0.39 is 0 Å². The molecule has 2 heterocycles. The zero-order chi connectivity index (χ0) is 22.2. The summed E-state index contributed by atoms with van der Waals surface area (Å²) < 4.78 is 9.36. The van der Waals surface area contributed by atoms with Crippen molar-refractivity contribution in [2.75, 3.05) is 12.4 Å². The molecule has 2 aromatic carbocycles. The third kappa shape index (κ3) is 3.90. The van der Waals surface area contributed by atoms with Crippen molar-refractivity contribution in [1.29, 1.82) is 0 Å². The number of methoxy groups -OCH3 is 1. The first-order valence-electron chi connectivity index (χ1n) is 10.8. The number of carbonyl (C=O) groups is 1. The summed E-state index contributed by atoms with van der Waals surface area (Å²) >= 11 is 0. The summed E-state index contributed by atoms with van der Waals surface area (Å²) in [4.78, 5) is 17.3. The van der Waals surface area contributed by atoms with Gasteiger partial charge in [-0.3, -0.25) is 4.40 Å². The number of imidazole rings is 2. The lowest BCUT2D eigenvalue weighted by molar-refractivity contribution is 0.0601. The maximum Gasteiger partial charge on any atom is 0.337 e. The van der Waals surface area contributed by atoms with E-state index in [0.717, 1.165) is 53.3 Å². The minimum absolute atomic E-state index is 0.169. The second kappa shape index (κ2) is 8.10. The van der Waals surface area contributed by atoms with Crippen LogP contribution in [0.4, 0.5) is 5.82 Å². The normalized spacial score (nSPS) is 11.9.